The first kappa shape index (κ1) is 36.5. The molecule has 4 amide bonds. The van der Waals surface area contributed by atoms with Crippen molar-refractivity contribution in [2.45, 2.75) is 128 Å². The molecule has 4 N–H and O–H groups in total. The highest BCUT2D eigenvalue weighted by atomic mass is 16.7. The van der Waals surface area contributed by atoms with Gasteiger partial charge in [-0.25, -0.2) is 0 Å². The predicted octanol–water partition coefficient (Wildman–Crippen LogP) is 4.08. The van der Waals surface area contributed by atoms with Crippen LogP contribution in [0.3, 0.4) is 0 Å². The second kappa shape index (κ2) is 15.1. The van der Waals surface area contributed by atoms with Crippen LogP contribution in [0.15, 0.2) is 42.6 Å². The van der Waals surface area contributed by atoms with E-state index < -0.39 is 52.6 Å². The van der Waals surface area contributed by atoms with Crippen molar-refractivity contribution < 1.29 is 28.8 Å². The van der Waals surface area contributed by atoms with Crippen LogP contribution in [-0.4, -0.2) is 75.6 Å². The Kier molecular flexibility index (Phi) is 10.8. The number of pyridine rings is 1. The first-order chi connectivity index (χ1) is 24.4. The summed E-state index contributed by atoms with van der Waals surface area (Å²) in [6, 6.07) is 6.68. The molecule has 4 aliphatic rings. The lowest BCUT2D eigenvalue weighted by molar-refractivity contribution is -0.145. The third kappa shape index (κ3) is 8.43. The van der Waals surface area contributed by atoms with Gasteiger partial charge < -0.3 is 20.9 Å². The number of fused-ring (bicyclic) bond motifs is 1. The van der Waals surface area contributed by atoms with Gasteiger partial charge in [-0.15, -0.1) is 0 Å². The molecule has 12 nitrogen and oxygen atoms in total. The van der Waals surface area contributed by atoms with Gasteiger partial charge in [0.05, 0.1) is 23.8 Å². The van der Waals surface area contributed by atoms with E-state index >= 15 is 0 Å². The average Bonchev–Trinajstić information content (AvgIpc) is 3.71. The van der Waals surface area contributed by atoms with E-state index in [1.54, 1.807) is 6.20 Å². The monoisotopic (exact) mass is 700 g/mol. The van der Waals surface area contributed by atoms with Crippen LogP contribution in [0.4, 0.5) is 0 Å². The highest BCUT2D eigenvalue weighted by molar-refractivity contribution is 6.38. The van der Waals surface area contributed by atoms with Crippen molar-refractivity contribution in [2.24, 2.45) is 11.3 Å². The quantitative estimate of drug-likeness (QED) is 0.241. The fraction of sp³-hybridized carbons (Fsp3) is 0.590. The van der Waals surface area contributed by atoms with Crippen LogP contribution in [0.2, 0.25) is 0 Å². The van der Waals surface area contributed by atoms with Crippen molar-refractivity contribution in [3.8, 4) is 0 Å². The fourth-order valence-electron chi connectivity index (χ4n) is 7.63. The Bertz CT molecular complexity index is 1690. The second-order valence-corrected chi connectivity index (χ2v) is 15.9. The highest BCUT2D eigenvalue weighted by Crippen LogP contribution is 2.40. The number of benzene rings is 1. The van der Waals surface area contributed by atoms with Gasteiger partial charge >= 0.3 is 0 Å². The molecule has 1 aromatic heterocycles. The third-order valence-electron chi connectivity index (χ3n) is 10.6. The number of ketones is 1. The first-order valence-electron chi connectivity index (χ1n) is 18.6. The molecule has 2 aromatic rings. The Hall–Kier alpha value is -4.32. The molecular formula is C39H52N6O6. The Labute approximate surface area is 299 Å². The number of rotatable bonds is 12. The standard InChI is InChI=1S/C39H52N6O6/c1-5-11-28(33(47)36(49)41-26-17-18-26)42-35(48)30-22-39(21-29(44-51-39)27-16-9-14-25-15-10-19-40-32(25)27)23-45(30)37(50)34(38(2,3)4)43-31(46)20-24-12-7-6-8-13-24/h9-10,14-16,19,21,24,26,28,30,34,44H,5-8,11-13,17-18,20,22-23H2,1-4H3,(H,41,49)(H,42,48)(H,43,46)/t28-,30-,34+,39-/m0/s1. The van der Waals surface area contributed by atoms with Gasteiger partial charge in [0.1, 0.15) is 17.7 Å². The molecule has 2 aliphatic carbocycles. The van der Waals surface area contributed by atoms with Crippen LogP contribution < -0.4 is 21.4 Å². The van der Waals surface area contributed by atoms with Crippen LogP contribution in [0.1, 0.15) is 104 Å². The number of amides is 4. The summed E-state index contributed by atoms with van der Waals surface area (Å²) in [7, 11) is 0. The van der Waals surface area contributed by atoms with E-state index in [9.17, 15) is 24.0 Å². The van der Waals surface area contributed by atoms with Crippen molar-refractivity contribution in [3.05, 3.63) is 48.2 Å². The molecule has 1 spiro atoms. The number of nitrogens with one attached hydrogen (secondary N) is 4. The van der Waals surface area contributed by atoms with Gasteiger partial charge in [-0.2, -0.15) is 0 Å². The van der Waals surface area contributed by atoms with Gasteiger partial charge in [0.25, 0.3) is 5.91 Å². The molecular weight excluding hydrogens is 648 g/mol. The Balaban J connectivity index is 1.29. The zero-order valence-corrected chi connectivity index (χ0v) is 30.3. The molecule has 0 bridgehead atoms. The number of nitrogens with zero attached hydrogens (tertiary/aromatic N) is 2. The third-order valence-corrected chi connectivity index (χ3v) is 10.6. The molecule has 1 saturated heterocycles. The van der Waals surface area contributed by atoms with Gasteiger partial charge in [-0.05, 0) is 55.6 Å². The number of hydroxylamine groups is 1. The summed E-state index contributed by atoms with van der Waals surface area (Å²) in [4.78, 5) is 80.6. The zero-order chi connectivity index (χ0) is 36.3. The van der Waals surface area contributed by atoms with E-state index in [0.29, 0.717) is 24.5 Å². The molecule has 4 atom stereocenters. The van der Waals surface area contributed by atoms with Crippen molar-refractivity contribution in [1.82, 2.24) is 31.3 Å². The van der Waals surface area contributed by atoms with Gasteiger partial charge in [-0.1, -0.05) is 77.6 Å². The maximum Gasteiger partial charge on any atom is 0.289 e. The average molecular weight is 701 g/mol. The maximum atomic E-state index is 14.7. The lowest BCUT2D eigenvalue weighted by atomic mass is 9.84. The van der Waals surface area contributed by atoms with E-state index in [4.69, 9.17) is 4.84 Å². The molecule has 51 heavy (non-hydrogen) atoms. The number of carbonyl (C=O) groups is 5. The molecule has 0 radical (unpaired) electrons. The first-order valence-corrected chi connectivity index (χ1v) is 18.6. The minimum absolute atomic E-state index is 0.00480. The summed E-state index contributed by atoms with van der Waals surface area (Å²) < 4.78 is 0. The minimum Gasteiger partial charge on any atom is -0.347 e. The van der Waals surface area contributed by atoms with E-state index in [1.165, 1.54) is 11.3 Å². The molecule has 12 heteroatoms. The summed E-state index contributed by atoms with van der Waals surface area (Å²) in [5.41, 5.74) is 3.53. The summed E-state index contributed by atoms with van der Waals surface area (Å²) in [6.45, 7) is 7.58. The number of hydrogen-bond donors (Lipinski definition) is 4. The molecule has 0 unspecified atom stereocenters. The Morgan fingerprint density at radius 1 is 1.02 bits per heavy atom. The number of para-hydroxylation sites is 1. The number of hydrogen-bond acceptors (Lipinski definition) is 8. The largest absolute Gasteiger partial charge is 0.347 e. The van der Waals surface area contributed by atoms with Gasteiger partial charge in [0.15, 0.2) is 0 Å². The molecule has 1 aromatic carbocycles. The SMILES string of the molecule is CCC[C@H](NC(=O)[C@@H]1C[C@@]2(C=C(c3cccc4cccnc34)NO2)CN1C(=O)[C@@H](NC(=O)CC1CCCCC1)C(C)(C)C)C(=O)C(=O)NC1CC1. The van der Waals surface area contributed by atoms with E-state index in [0.717, 1.165) is 55.0 Å². The van der Waals surface area contributed by atoms with Gasteiger partial charge in [0.2, 0.25) is 23.5 Å². The Morgan fingerprint density at radius 2 is 1.76 bits per heavy atom. The van der Waals surface area contributed by atoms with E-state index in [-0.39, 0.29) is 31.3 Å². The van der Waals surface area contributed by atoms with Crippen molar-refractivity contribution in [3.63, 3.8) is 0 Å². The summed E-state index contributed by atoms with van der Waals surface area (Å²) >= 11 is 0. The molecule has 274 valence electrons. The topological polar surface area (TPSA) is 159 Å². The van der Waals surface area contributed by atoms with Gasteiger partial charge in [0, 0.05) is 36.0 Å². The van der Waals surface area contributed by atoms with Crippen LogP contribution in [-0.2, 0) is 28.8 Å². The predicted molar refractivity (Wildman–Crippen MR) is 192 cm³/mol. The molecule has 2 aliphatic heterocycles. The molecule has 6 rings (SSSR count). The fourth-order valence-corrected chi connectivity index (χ4v) is 7.63. The van der Waals surface area contributed by atoms with Crippen molar-refractivity contribution in [1.29, 1.82) is 0 Å². The zero-order valence-electron chi connectivity index (χ0n) is 30.3. The van der Waals surface area contributed by atoms with Crippen molar-refractivity contribution >= 4 is 46.0 Å². The minimum atomic E-state index is -1.09. The van der Waals surface area contributed by atoms with Crippen LogP contribution in [0.25, 0.3) is 16.6 Å². The second-order valence-electron chi connectivity index (χ2n) is 15.9. The number of likely N-dealkylation sites (tertiary alicyclic amines) is 1. The summed E-state index contributed by atoms with van der Waals surface area (Å²) in [5.74, 6) is -2.25. The van der Waals surface area contributed by atoms with Gasteiger partial charge in [-0.3, -0.25) is 39.3 Å². The lowest BCUT2D eigenvalue weighted by Gasteiger charge is -2.36. The maximum absolute atomic E-state index is 14.7. The normalized spacial score (nSPS) is 23.3. The van der Waals surface area contributed by atoms with E-state index in [2.05, 4.69) is 26.4 Å². The lowest BCUT2D eigenvalue weighted by Crippen LogP contribution is -2.59. The summed E-state index contributed by atoms with van der Waals surface area (Å²) in [5, 5.41) is 9.55. The molecule has 3 fully saturated rings. The van der Waals surface area contributed by atoms with Crippen LogP contribution in [0, 0.1) is 11.3 Å². The van der Waals surface area contributed by atoms with Crippen LogP contribution >= 0.6 is 0 Å². The number of carbonyl (C=O) groups excluding carboxylic acids is 5. The number of Topliss-reactive ketones (excluding diaryl/α,β-unsaturated/α-hetero) is 1. The Morgan fingerprint density at radius 3 is 2.47 bits per heavy atom. The smallest absolute Gasteiger partial charge is 0.289 e. The summed E-state index contributed by atoms with van der Waals surface area (Å²) in [6.07, 6.45) is 11.9. The highest BCUT2D eigenvalue weighted by Gasteiger charge is 2.54. The molecule has 3 heterocycles. The van der Waals surface area contributed by atoms with Crippen LogP contribution in [0.5, 0.6) is 0 Å². The van der Waals surface area contributed by atoms with Crippen molar-refractivity contribution in [2.75, 3.05) is 6.54 Å². The molecule has 2 saturated carbocycles. The number of aromatic nitrogens is 1. The van der Waals surface area contributed by atoms with E-state index in [1.807, 2.05) is 64.1 Å².